The van der Waals surface area contributed by atoms with Crippen molar-refractivity contribution in [3.05, 3.63) is 46.5 Å². The number of benzene rings is 2. The highest BCUT2D eigenvalue weighted by Crippen LogP contribution is 2.37. The zero-order valence-electron chi connectivity index (χ0n) is 21.8. The summed E-state index contributed by atoms with van der Waals surface area (Å²) >= 11 is 0. The molecule has 3 N–H and O–H groups in total. The van der Waals surface area contributed by atoms with Crippen molar-refractivity contribution >= 4 is 5.78 Å². The summed E-state index contributed by atoms with van der Waals surface area (Å²) in [7, 11) is 3.32. The fourth-order valence-corrected chi connectivity index (χ4v) is 5.05. The minimum absolute atomic E-state index is 0.00232. The highest BCUT2D eigenvalue weighted by molar-refractivity contribution is 5.79. The number of phenols is 1. The molecule has 0 aromatic heterocycles. The number of carbonyl (C=O) groups excluding carboxylic acids is 1. The minimum Gasteiger partial charge on any atom is -0.504 e. The lowest BCUT2D eigenvalue weighted by Gasteiger charge is -2.21. The van der Waals surface area contributed by atoms with Crippen LogP contribution in [0, 0.1) is 11.8 Å². The molecule has 0 heterocycles. The van der Waals surface area contributed by atoms with Crippen molar-refractivity contribution in [2.24, 2.45) is 0 Å². The molecule has 0 spiro atoms. The molecule has 198 valence electrons. The first-order valence-corrected chi connectivity index (χ1v) is 13.2. The number of hydrogen-bond donors (Lipinski definition) is 3. The molecule has 2 aromatic rings. The summed E-state index contributed by atoms with van der Waals surface area (Å²) in [6, 6.07) is 7.39. The SMILES string of the molecule is CNCOc1c2cc(cc1OC1CCCC1)CC[C@@H](O)CC(=O)CCc1ccc(O)c(OC)c1C#CC2. The fourth-order valence-electron chi connectivity index (χ4n) is 5.05. The Hall–Kier alpha value is -3.21. The number of aryl methyl sites for hydroxylation is 2. The Labute approximate surface area is 219 Å². The van der Waals surface area contributed by atoms with Crippen LogP contribution < -0.4 is 19.5 Å². The summed E-state index contributed by atoms with van der Waals surface area (Å²) in [6.07, 6.45) is 6.13. The molecule has 0 aliphatic heterocycles. The van der Waals surface area contributed by atoms with E-state index in [-0.39, 0.29) is 30.5 Å². The monoisotopic (exact) mass is 507 g/mol. The lowest BCUT2D eigenvalue weighted by molar-refractivity contribution is -0.121. The molecule has 7 nitrogen and oxygen atoms in total. The average molecular weight is 508 g/mol. The van der Waals surface area contributed by atoms with Crippen molar-refractivity contribution in [1.29, 1.82) is 0 Å². The number of ketones is 1. The third kappa shape index (κ3) is 6.97. The molecule has 1 atom stereocenters. The van der Waals surface area contributed by atoms with Gasteiger partial charge in [-0.25, -0.2) is 0 Å². The number of carbonyl (C=O) groups is 1. The van der Waals surface area contributed by atoms with Gasteiger partial charge in [0.1, 0.15) is 12.5 Å². The van der Waals surface area contributed by atoms with Crippen LogP contribution in [0.25, 0.3) is 0 Å². The number of aromatic hydroxyl groups is 1. The summed E-state index contributed by atoms with van der Waals surface area (Å²) in [5.41, 5.74) is 3.31. The van der Waals surface area contributed by atoms with Gasteiger partial charge in [0, 0.05) is 24.8 Å². The molecule has 2 bridgehead atoms. The maximum atomic E-state index is 12.6. The van der Waals surface area contributed by atoms with E-state index in [1.54, 1.807) is 12.1 Å². The molecule has 2 aromatic carbocycles. The predicted octanol–water partition coefficient (Wildman–Crippen LogP) is 4.07. The van der Waals surface area contributed by atoms with E-state index in [0.29, 0.717) is 55.2 Å². The topological polar surface area (TPSA) is 97.2 Å². The van der Waals surface area contributed by atoms with Crippen LogP contribution in [-0.4, -0.2) is 49.1 Å². The Balaban J connectivity index is 1.78. The van der Waals surface area contributed by atoms with Crippen LogP contribution in [0.5, 0.6) is 23.0 Å². The maximum Gasteiger partial charge on any atom is 0.176 e. The zero-order chi connectivity index (χ0) is 26.2. The quantitative estimate of drug-likeness (QED) is 0.401. The van der Waals surface area contributed by atoms with Crippen LogP contribution in [0.1, 0.15) is 67.2 Å². The highest BCUT2D eigenvalue weighted by atomic mass is 16.5. The Morgan fingerprint density at radius 3 is 2.62 bits per heavy atom. The van der Waals surface area contributed by atoms with Crippen LogP contribution in [-0.2, 0) is 24.1 Å². The number of phenolic OH excluding ortho intramolecular Hbond substituents is 1. The van der Waals surface area contributed by atoms with E-state index in [4.69, 9.17) is 14.2 Å². The summed E-state index contributed by atoms with van der Waals surface area (Å²) < 4.78 is 18.0. The molecule has 0 radical (unpaired) electrons. The van der Waals surface area contributed by atoms with Gasteiger partial charge in [0.15, 0.2) is 23.0 Å². The zero-order valence-corrected chi connectivity index (χ0v) is 21.8. The molecule has 0 amide bonds. The van der Waals surface area contributed by atoms with Gasteiger partial charge >= 0.3 is 0 Å². The summed E-state index contributed by atoms with van der Waals surface area (Å²) in [5, 5.41) is 24.0. The molecule has 4 rings (SSSR count). The molecule has 2 aliphatic carbocycles. The molecular weight excluding hydrogens is 470 g/mol. The second kappa shape index (κ2) is 12.8. The lowest BCUT2D eigenvalue weighted by atomic mass is 9.97. The number of Topliss-reactive ketones (excluding diaryl/α,β-unsaturated/α-hetero) is 1. The van der Waals surface area contributed by atoms with Crippen molar-refractivity contribution in [3.8, 4) is 34.8 Å². The molecular formula is C30H37NO6. The van der Waals surface area contributed by atoms with Crippen molar-refractivity contribution in [3.63, 3.8) is 0 Å². The number of methoxy groups -OCH3 is 1. The summed E-state index contributed by atoms with van der Waals surface area (Å²) in [5.74, 6) is 8.10. The lowest BCUT2D eigenvalue weighted by Crippen LogP contribution is -2.18. The summed E-state index contributed by atoms with van der Waals surface area (Å²) in [6.45, 7) is 0.326. The van der Waals surface area contributed by atoms with E-state index in [2.05, 4.69) is 23.2 Å². The molecule has 0 unspecified atom stereocenters. The van der Waals surface area contributed by atoms with Gasteiger partial charge in [0.25, 0.3) is 0 Å². The Kier molecular flexibility index (Phi) is 9.32. The maximum absolute atomic E-state index is 12.6. The standard InChI is InChI=1S/C30H37NO6/c1-31-19-36-29-22-6-5-9-26-21(12-15-27(34)30(26)35-2)11-14-24(33)18-23(32)13-10-20(16-22)17-28(29)37-25-7-3-4-8-25/h12,15-17,23,25,31-32,34H,3-4,6-8,10-11,13-14,18-19H2,1-2H3/t23-/m1/s1. The number of fused-ring (bicyclic) bond motifs is 3. The van der Waals surface area contributed by atoms with Crippen LogP contribution >= 0.6 is 0 Å². The Morgan fingerprint density at radius 1 is 1.05 bits per heavy atom. The van der Waals surface area contributed by atoms with Gasteiger partial charge in [-0.05, 0) is 75.3 Å². The predicted molar refractivity (Wildman–Crippen MR) is 141 cm³/mol. The first kappa shape index (κ1) is 26.8. The second-order valence-corrected chi connectivity index (χ2v) is 9.81. The van der Waals surface area contributed by atoms with Gasteiger partial charge < -0.3 is 24.4 Å². The third-order valence-electron chi connectivity index (χ3n) is 6.97. The van der Waals surface area contributed by atoms with Gasteiger partial charge in [-0.2, -0.15) is 0 Å². The minimum atomic E-state index is -0.717. The van der Waals surface area contributed by atoms with Crippen LogP contribution in [0.2, 0.25) is 0 Å². The number of rotatable bonds is 6. The van der Waals surface area contributed by atoms with Crippen molar-refractivity contribution in [2.75, 3.05) is 20.9 Å². The van der Waals surface area contributed by atoms with E-state index >= 15 is 0 Å². The molecule has 1 fully saturated rings. The number of aliphatic hydroxyl groups is 1. The second-order valence-electron chi connectivity index (χ2n) is 9.81. The Bertz CT molecular complexity index is 1160. The van der Waals surface area contributed by atoms with E-state index in [0.717, 1.165) is 42.4 Å². The van der Waals surface area contributed by atoms with Crippen LogP contribution in [0.4, 0.5) is 0 Å². The van der Waals surface area contributed by atoms with E-state index in [1.165, 1.54) is 7.11 Å². The average Bonchev–Trinajstić information content (AvgIpc) is 3.39. The molecule has 37 heavy (non-hydrogen) atoms. The number of hydrogen-bond acceptors (Lipinski definition) is 7. The number of nitrogens with one attached hydrogen (secondary N) is 1. The summed E-state index contributed by atoms with van der Waals surface area (Å²) in [4.78, 5) is 12.6. The van der Waals surface area contributed by atoms with E-state index < -0.39 is 6.10 Å². The largest absolute Gasteiger partial charge is 0.504 e. The van der Waals surface area contributed by atoms with E-state index in [1.807, 2.05) is 13.1 Å². The number of ether oxygens (including phenoxy) is 3. The van der Waals surface area contributed by atoms with Gasteiger partial charge in [0.05, 0.1) is 24.9 Å². The van der Waals surface area contributed by atoms with Crippen LogP contribution in [0.3, 0.4) is 0 Å². The molecule has 1 saturated carbocycles. The fraction of sp³-hybridized carbons (Fsp3) is 0.500. The molecule has 0 saturated heterocycles. The Morgan fingerprint density at radius 2 is 1.86 bits per heavy atom. The van der Waals surface area contributed by atoms with Crippen molar-refractivity contribution in [1.82, 2.24) is 5.32 Å². The van der Waals surface area contributed by atoms with Gasteiger partial charge in [0.2, 0.25) is 0 Å². The third-order valence-corrected chi connectivity index (χ3v) is 6.97. The smallest absolute Gasteiger partial charge is 0.176 e. The number of aliphatic hydroxyl groups excluding tert-OH is 1. The van der Waals surface area contributed by atoms with Crippen molar-refractivity contribution < 1.29 is 29.2 Å². The van der Waals surface area contributed by atoms with Crippen LogP contribution in [0.15, 0.2) is 24.3 Å². The van der Waals surface area contributed by atoms with Gasteiger partial charge in [-0.15, -0.1) is 0 Å². The molecule has 2 aliphatic rings. The first-order valence-electron chi connectivity index (χ1n) is 13.2. The normalized spacial score (nSPS) is 18.7. The van der Waals surface area contributed by atoms with Gasteiger partial charge in [-0.1, -0.05) is 24.0 Å². The molecule has 7 heteroatoms. The van der Waals surface area contributed by atoms with E-state index in [9.17, 15) is 15.0 Å². The van der Waals surface area contributed by atoms with Gasteiger partial charge in [-0.3, -0.25) is 10.1 Å². The van der Waals surface area contributed by atoms with Crippen molar-refractivity contribution in [2.45, 2.75) is 76.4 Å². The first-order chi connectivity index (χ1) is 18.0. The highest BCUT2D eigenvalue weighted by Gasteiger charge is 2.22.